The molecule has 2 aliphatic heterocycles. The van der Waals surface area contributed by atoms with Crippen molar-refractivity contribution in [2.24, 2.45) is 5.92 Å². The Morgan fingerprint density at radius 2 is 1.82 bits per heavy atom. The van der Waals surface area contributed by atoms with Crippen LogP contribution in [0.2, 0.25) is 0 Å². The zero-order chi connectivity index (χ0) is 11.2. The van der Waals surface area contributed by atoms with Gasteiger partial charge < -0.3 is 10.6 Å². The molecule has 0 aromatic heterocycles. The molecule has 2 fully saturated rings. The van der Waals surface area contributed by atoms with Gasteiger partial charge in [-0.25, -0.2) is 0 Å². The highest BCUT2D eigenvalue weighted by atomic mass is 35.5. The van der Waals surface area contributed by atoms with Crippen molar-refractivity contribution < 1.29 is 4.79 Å². The summed E-state index contributed by atoms with van der Waals surface area (Å²) in [5.74, 6) is 3.30. The number of nitrogens with one attached hydrogen (secondary N) is 2. The summed E-state index contributed by atoms with van der Waals surface area (Å²) in [6.45, 7) is 2.16. The zero-order valence-corrected chi connectivity index (χ0v) is 11.9. The maximum atomic E-state index is 11.8. The van der Waals surface area contributed by atoms with Crippen LogP contribution in [0.1, 0.15) is 32.1 Å². The molecule has 17 heavy (non-hydrogen) atoms. The van der Waals surface area contributed by atoms with E-state index in [9.17, 15) is 4.79 Å². The summed E-state index contributed by atoms with van der Waals surface area (Å²) in [5.41, 5.74) is 0. The summed E-state index contributed by atoms with van der Waals surface area (Å²) in [5, 5.41) is 6.53. The third-order valence-corrected chi connectivity index (χ3v) is 4.57. The SMILES string of the molecule is Cl.O=C(CC1CCNCC1)NC1CCSCC1. The second-order valence-corrected chi connectivity index (χ2v) is 6.08. The van der Waals surface area contributed by atoms with Crippen molar-refractivity contribution in [2.45, 2.75) is 38.1 Å². The predicted molar refractivity (Wildman–Crippen MR) is 75.9 cm³/mol. The topological polar surface area (TPSA) is 41.1 Å². The molecule has 2 saturated heterocycles. The number of piperidine rings is 1. The predicted octanol–water partition coefficient (Wildman–Crippen LogP) is 1.81. The first-order valence-corrected chi connectivity index (χ1v) is 7.58. The van der Waals surface area contributed by atoms with Crippen molar-refractivity contribution in [3.63, 3.8) is 0 Å². The van der Waals surface area contributed by atoms with E-state index in [-0.39, 0.29) is 18.3 Å². The van der Waals surface area contributed by atoms with Gasteiger partial charge in [-0.1, -0.05) is 0 Å². The molecule has 2 aliphatic rings. The van der Waals surface area contributed by atoms with Gasteiger partial charge >= 0.3 is 0 Å². The first-order valence-electron chi connectivity index (χ1n) is 6.42. The van der Waals surface area contributed by atoms with Crippen LogP contribution in [0.15, 0.2) is 0 Å². The number of amides is 1. The van der Waals surface area contributed by atoms with E-state index < -0.39 is 0 Å². The van der Waals surface area contributed by atoms with Gasteiger partial charge in [0.2, 0.25) is 5.91 Å². The molecule has 0 radical (unpaired) electrons. The second-order valence-electron chi connectivity index (χ2n) is 4.85. The average Bonchev–Trinajstić information content (AvgIpc) is 2.31. The highest BCUT2D eigenvalue weighted by Gasteiger charge is 2.20. The fourth-order valence-corrected chi connectivity index (χ4v) is 3.58. The Morgan fingerprint density at radius 3 is 2.47 bits per heavy atom. The minimum atomic E-state index is 0. The quantitative estimate of drug-likeness (QED) is 0.827. The molecule has 0 aliphatic carbocycles. The lowest BCUT2D eigenvalue weighted by atomic mass is 9.94. The first-order chi connectivity index (χ1) is 7.84. The smallest absolute Gasteiger partial charge is 0.220 e. The number of hydrogen-bond acceptors (Lipinski definition) is 3. The van der Waals surface area contributed by atoms with Crippen LogP contribution in [0.3, 0.4) is 0 Å². The van der Waals surface area contributed by atoms with E-state index in [0.29, 0.717) is 12.0 Å². The molecule has 0 aromatic carbocycles. The summed E-state index contributed by atoms with van der Waals surface area (Å²) in [6, 6.07) is 0.454. The van der Waals surface area contributed by atoms with Crippen molar-refractivity contribution in [3.8, 4) is 0 Å². The monoisotopic (exact) mass is 278 g/mol. The normalized spacial score (nSPS) is 22.8. The van der Waals surface area contributed by atoms with Gasteiger partial charge in [0.15, 0.2) is 0 Å². The molecular weight excluding hydrogens is 256 g/mol. The highest BCUT2D eigenvalue weighted by Crippen LogP contribution is 2.19. The molecule has 1 amide bonds. The Bertz CT molecular complexity index is 207. The van der Waals surface area contributed by atoms with E-state index in [1.54, 1.807) is 0 Å². The molecule has 2 heterocycles. The summed E-state index contributed by atoms with van der Waals surface area (Å²) in [6.07, 6.45) is 5.37. The van der Waals surface area contributed by atoms with E-state index in [0.717, 1.165) is 45.2 Å². The van der Waals surface area contributed by atoms with Crippen LogP contribution in [0.5, 0.6) is 0 Å². The summed E-state index contributed by atoms with van der Waals surface area (Å²) in [4.78, 5) is 11.8. The Morgan fingerprint density at radius 1 is 1.18 bits per heavy atom. The molecule has 3 nitrogen and oxygen atoms in total. The van der Waals surface area contributed by atoms with Gasteiger partial charge in [0.1, 0.15) is 0 Å². The van der Waals surface area contributed by atoms with Crippen molar-refractivity contribution in [1.29, 1.82) is 0 Å². The Kier molecular flexibility index (Phi) is 7.32. The van der Waals surface area contributed by atoms with Gasteiger partial charge in [-0.15, -0.1) is 12.4 Å². The van der Waals surface area contributed by atoms with Gasteiger partial charge in [0, 0.05) is 12.5 Å². The van der Waals surface area contributed by atoms with Crippen molar-refractivity contribution in [3.05, 3.63) is 0 Å². The Labute approximate surface area is 114 Å². The number of rotatable bonds is 3. The molecule has 0 bridgehead atoms. The molecule has 0 saturated carbocycles. The maximum absolute atomic E-state index is 11.8. The second kappa shape index (κ2) is 8.22. The summed E-state index contributed by atoms with van der Waals surface area (Å²) < 4.78 is 0. The molecule has 100 valence electrons. The van der Waals surface area contributed by atoms with Gasteiger partial charge in [-0.05, 0) is 56.2 Å². The minimum Gasteiger partial charge on any atom is -0.353 e. The molecule has 0 spiro atoms. The molecular formula is C12H23ClN2OS. The van der Waals surface area contributed by atoms with Crippen LogP contribution in [-0.2, 0) is 4.79 Å². The van der Waals surface area contributed by atoms with Gasteiger partial charge in [-0.3, -0.25) is 4.79 Å². The van der Waals surface area contributed by atoms with E-state index >= 15 is 0 Å². The number of carbonyl (C=O) groups excluding carboxylic acids is 1. The number of halogens is 1. The van der Waals surface area contributed by atoms with Crippen molar-refractivity contribution in [1.82, 2.24) is 10.6 Å². The van der Waals surface area contributed by atoms with Gasteiger partial charge in [-0.2, -0.15) is 11.8 Å². The molecule has 5 heteroatoms. The third kappa shape index (κ3) is 5.49. The molecule has 0 atom stereocenters. The maximum Gasteiger partial charge on any atom is 0.220 e. The van der Waals surface area contributed by atoms with Gasteiger partial charge in [0.05, 0.1) is 0 Å². The Hall–Kier alpha value is 0.0700. The number of thioether (sulfide) groups is 1. The average molecular weight is 279 g/mol. The van der Waals surface area contributed by atoms with Crippen LogP contribution in [0.25, 0.3) is 0 Å². The lowest BCUT2D eigenvalue weighted by Gasteiger charge is -2.25. The summed E-state index contributed by atoms with van der Waals surface area (Å²) in [7, 11) is 0. The van der Waals surface area contributed by atoms with E-state index in [1.165, 1.54) is 11.5 Å². The van der Waals surface area contributed by atoms with Crippen molar-refractivity contribution >= 4 is 30.1 Å². The standard InChI is InChI=1S/C12H22N2OS.ClH/c15-12(9-10-1-5-13-6-2-10)14-11-3-7-16-8-4-11;/h10-11,13H,1-9H2,(H,14,15);1H. The van der Waals surface area contributed by atoms with Crippen LogP contribution in [0, 0.1) is 5.92 Å². The third-order valence-electron chi connectivity index (χ3n) is 3.52. The zero-order valence-electron chi connectivity index (χ0n) is 10.2. The van der Waals surface area contributed by atoms with Crippen LogP contribution in [0.4, 0.5) is 0 Å². The lowest BCUT2D eigenvalue weighted by molar-refractivity contribution is -0.122. The van der Waals surface area contributed by atoms with Crippen molar-refractivity contribution in [2.75, 3.05) is 24.6 Å². The lowest BCUT2D eigenvalue weighted by Crippen LogP contribution is -2.39. The van der Waals surface area contributed by atoms with Gasteiger partial charge in [0.25, 0.3) is 0 Å². The molecule has 0 aromatic rings. The summed E-state index contributed by atoms with van der Waals surface area (Å²) >= 11 is 2.00. The highest BCUT2D eigenvalue weighted by molar-refractivity contribution is 7.99. The van der Waals surface area contributed by atoms with E-state index in [2.05, 4.69) is 10.6 Å². The van der Waals surface area contributed by atoms with Crippen LogP contribution >= 0.6 is 24.2 Å². The number of hydrogen-bond donors (Lipinski definition) is 2. The van der Waals surface area contributed by atoms with Crippen LogP contribution < -0.4 is 10.6 Å². The molecule has 0 unspecified atom stereocenters. The van der Waals surface area contributed by atoms with E-state index in [1.807, 2.05) is 11.8 Å². The number of carbonyl (C=O) groups is 1. The fraction of sp³-hybridized carbons (Fsp3) is 0.917. The van der Waals surface area contributed by atoms with E-state index in [4.69, 9.17) is 0 Å². The molecule has 2 rings (SSSR count). The molecule has 2 N–H and O–H groups in total. The first kappa shape index (κ1) is 15.1. The fourth-order valence-electron chi connectivity index (χ4n) is 2.48. The van der Waals surface area contributed by atoms with Crippen LogP contribution in [-0.4, -0.2) is 36.5 Å². The minimum absolute atomic E-state index is 0. The Balaban J connectivity index is 0.00000144. The largest absolute Gasteiger partial charge is 0.353 e.